The van der Waals surface area contributed by atoms with Crippen molar-refractivity contribution in [1.29, 1.82) is 0 Å². The molecule has 3 N–H and O–H groups in total. The fourth-order valence-corrected chi connectivity index (χ4v) is 1.51. The van der Waals surface area contributed by atoms with Gasteiger partial charge in [0, 0.05) is 18.1 Å². The molecule has 0 fully saturated rings. The molecule has 1 heterocycles. The average Bonchev–Trinajstić information content (AvgIpc) is 2.92. The van der Waals surface area contributed by atoms with Gasteiger partial charge in [-0.1, -0.05) is 0 Å². The molecule has 112 valence electrons. The largest absolute Gasteiger partial charge is 0.415 e. The second kappa shape index (κ2) is 5.21. The lowest BCUT2D eigenvalue weighted by Gasteiger charge is -2.26. The van der Waals surface area contributed by atoms with Gasteiger partial charge in [0.15, 0.2) is 5.54 Å². The number of nitrogens with two attached hydrogens (primary N) is 1. The van der Waals surface area contributed by atoms with E-state index in [0.29, 0.717) is 12.6 Å². The van der Waals surface area contributed by atoms with Gasteiger partial charge < -0.3 is 11.1 Å². The van der Waals surface area contributed by atoms with E-state index in [-0.39, 0.29) is 5.69 Å². The van der Waals surface area contributed by atoms with Crippen molar-refractivity contribution in [1.82, 2.24) is 9.78 Å². The number of halogens is 3. The van der Waals surface area contributed by atoms with E-state index in [9.17, 15) is 18.0 Å². The minimum Gasteiger partial charge on any atom is -0.324 e. The van der Waals surface area contributed by atoms with Crippen molar-refractivity contribution >= 4 is 11.6 Å². The van der Waals surface area contributed by atoms with E-state index in [1.807, 2.05) is 0 Å². The van der Waals surface area contributed by atoms with Crippen LogP contribution in [0.1, 0.15) is 6.92 Å². The summed E-state index contributed by atoms with van der Waals surface area (Å²) in [6, 6.07) is 7.91. The van der Waals surface area contributed by atoms with Crippen molar-refractivity contribution in [3.8, 4) is 5.69 Å². The molecule has 0 spiro atoms. The Kier molecular flexibility index (Phi) is 3.73. The van der Waals surface area contributed by atoms with Gasteiger partial charge in [-0.15, -0.1) is 0 Å². The van der Waals surface area contributed by atoms with Gasteiger partial charge in [-0.2, -0.15) is 18.3 Å². The molecule has 2 aromatic rings. The number of alkyl halides is 3. The molecule has 1 aromatic heterocycles. The third kappa shape index (κ3) is 3.05. The number of nitrogens with one attached hydrogen (secondary N) is 1. The third-order valence-corrected chi connectivity index (χ3v) is 2.95. The summed E-state index contributed by atoms with van der Waals surface area (Å²) in [5, 5.41) is 6.16. The van der Waals surface area contributed by atoms with Crippen molar-refractivity contribution in [2.45, 2.75) is 18.6 Å². The highest BCUT2D eigenvalue weighted by atomic mass is 19.4. The highest BCUT2D eigenvalue weighted by Crippen LogP contribution is 2.29. The molecule has 0 aliphatic rings. The number of aromatic nitrogens is 2. The van der Waals surface area contributed by atoms with Crippen molar-refractivity contribution in [2.24, 2.45) is 5.73 Å². The van der Waals surface area contributed by atoms with Crippen LogP contribution in [0.25, 0.3) is 5.69 Å². The van der Waals surface area contributed by atoms with Gasteiger partial charge >= 0.3 is 6.18 Å². The minimum absolute atomic E-state index is 0.219. The highest BCUT2D eigenvalue weighted by molar-refractivity contribution is 5.98. The van der Waals surface area contributed by atoms with Crippen LogP contribution in [0.3, 0.4) is 0 Å². The van der Waals surface area contributed by atoms with Crippen LogP contribution in [0.2, 0.25) is 0 Å². The maximum Gasteiger partial charge on any atom is 0.415 e. The van der Waals surface area contributed by atoms with Crippen molar-refractivity contribution in [2.75, 3.05) is 5.32 Å². The predicted octanol–water partition coefficient (Wildman–Crippen LogP) is 2.09. The maximum absolute atomic E-state index is 12.6. The molecule has 0 aliphatic carbocycles. The molecular formula is C13H13F3N4O. The van der Waals surface area contributed by atoms with Gasteiger partial charge in [-0.3, -0.25) is 4.79 Å². The summed E-state index contributed by atoms with van der Waals surface area (Å²) >= 11 is 0. The Morgan fingerprint density at radius 3 is 2.38 bits per heavy atom. The van der Waals surface area contributed by atoms with E-state index in [2.05, 4.69) is 10.4 Å². The lowest BCUT2D eigenvalue weighted by atomic mass is 10.0. The molecule has 0 saturated heterocycles. The summed E-state index contributed by atoms with van der Waals surface area (Å²) in [6.45, 7) is 0.625. The number of benzene rings is 1. The van der Waals surface area contributed by atoms with Crippen molar-refractivity contribution < 1.29 is 18.0 Å². The van der Waals surface area contributed by atoms with Crippen LogP contribution >= 0.6 is 0 Å². The van der Waals surface area contributed by atoms with Crippen LogP contribution < -0.4 is 11.1 Å². The zero-order valence-corrected chi connectivity index (χ0v) is 11.1. The molecule has 0 bridgehead atoms. The number of anilines is 1. The van der Waals surface area contributed by atoms with Crippen LogP contribution in [0, 0.1) is 0 Å². The molecular weight excluding hydrogens is 285 g/mol. The molecule has 0 saturated carbocycles. The van der Waals surface area contributed by atoms with Crippen molar-refractivity contribution in [3.63, 3.8) is 0 Å². The van der Waals surface area contributed by atoms with Gasteiger partial charge in [-0.25, -0.2) is 4.68 Å². The SMILES string of the molecule is CC(N)(C(=O)Nc1ccc(-n2cccn2)cc1)C(F)(F)F. The number of nitrogens with zero attached hydrogens (tertiary/aromatic N) is 2. The summed E-state index contributed by atoms with van der Waals surface area (Å²) in [5.74, 6) is -1.32. The number of carbonyl (C=O) groups excluding carboxylic acids is 1. The quantitative estimate of drug-likeness (QED) is 0.911. The number of rotatable bonds is 3. The summed E-state index contributed by atoms with van der Waals surface area (Å²) in [5.41, 5.74) is 3.02. The molecule has 21 heavy (non-hydrogen) atoms. The zero-order chi connectivity index (χ0) is 15.7. The Balaban J connectivity index is 2.12. The van der Waals surface area contributed by atoms with Crippen LogP contribution in [-0.2, 0) is 4.79 Å². The number of hydrogen-bond donors (Lipinski definition) is 2. The van der Waals surface area contributed by atoms with Gasteiger partial charge in [0.1, 0.15) is 0 Å². The number of carbonyl (C=O) groups is 1. The molecule has 5 nitrogen and oxygen atoms in total. The lowest BCUT2D eigenvalue weighted by molar-refractivity contribution is -0.184. The first-order valence-electron chi connectivity index (χ1n) is 5.99. The summed E-state index contributed by atoms with van der Waals surface area (Å²) in [6.07, 6.45) is -1.51. The van der Waals surface area contributed by atoms with Crippen LogP contribution in [0.5, 0.6) is 0 Å². The molecule has 0 radical (unpaired) electrons. The maximum atomic E-state index is 12.6. The second-order valence-corrected chi connectivity index (χ2v) is 4.65. The molecule has 2 rings (SSSR count). The Labute approximate surface area is 118 Å². The predicted molar refractivity (Wildman–Crippen MR) is 70.8 cm³/mol. The second-order valence-electron chi connectivity index (χ2n) is 4.65. The molecule has 0 aliphatic heterocycles. The Morgan fingerprint density at radius 1 is 1.29 bits per heavy atom. The van der Waals surface area contributed by atoms with E-state index >= 15 is 0 Å². The first kappa shape index (κ1) is 15.0. The van der Waals surface area contributed by atoms with Gasteiger partial charge in [0.25, 0.3) is 5.91 Å². The summed E-state index contributed by atoms with van der Waals surface area (Å²) in [7, 11) is 0. The van der Waals surface area contributed by atoms with Gasteiger partial charge in [0.05, 0.1) is 5.69 Å². The molecule has 1 atom stereocenters. The van der Waals surface area contributed by atoms with Gasteiger partial charge in [-0.05, 0) is 37.3 Å². The Hall–Kier alpha value is -2.35. The fourth-order valence-electron chi connectivity index (χ4n) is 1.51. The van der Waals surface area contributed by atoms with E-state index in [1.165, 1.54) is 12.1 Å². The molecule has 1 unspecified atom stereocenters. The Bertz CT molecular complexity index is 618. The normalized spacial score (nSPS) is 14.5. The molecule has 8 heteroatoms. The third-order valence-electron chi connectivity index (χ3n) is 2.95. The fraction of sp³-hybridized carbons (Fsp3) is 0.231. The van der Waals surface area contributed by atoms with Crippen LogP contribution in [0.4, 0.5) is 18.9 Å². The molecule has 1 amide bonds. The van der Waals surface area contributed by atoms with E-state index < -0.39 is 17.6 Å². The monoisotopic (exact) mass is 298 g/mol. The van der Waals surface area contributed by atoms with Crippen LogP contribution in [-0.4, -0.2) is 27.4 Å². The minimum atomic E-state index is -4.83. The summed E-state index contributed by atoms with van der Waals surface area (Å²) in [4.78, 5) is 11.6. The first-order chi connectivity index (χ1) is 9.72. The zero-order valence-electron chi connectivity index (χ0n) is 11.1. The standard InChI is InChI=1S/C13H13F3N4O/c1-12(17,13(14,15)16)11(21)19-9-3-5-10(6-4-9)20-8-2-7-18-20/h2-8H,17H2,1H3,(H,19,21). The van der Waals surface area contributed by atoms with Crippen molar-refractivity contribution in [3.05, 3.63) is 42.7 Å². The number of hydrogen-bond acceptors (Lipinski definition) is 3. The topological polar surface area (TPSA) is 72.9 Å². The Morgan fingerprint density at radius 2 is 1.90 bits per heavy atom. The number of amides is 1. The smallest absolute Gasteiger partial charge is 0.324 e. The molecule has 1 aromatic carbocycles. The average molecular weight is 298 g/mol. The highest BCUT2D eigenvalue weighted by Gasteiger charge is 2.53. The van der Waals surface area contributed by atoms with E-state index in [1.54, 1.807) is 35.3 Å². The van der Waals surface area contributed by atoms with Gasteiger partial charge in [0.2, 0.25) is 0 Å². The van der Waals surface area contributed by atoms with E-state index in [0.717, 1.165) is 0 Å². The summed E-state index contributed by atoms with van der Waals surface area (Å²) < 4.78 is 39.5. The van der Waals surface area contributed by atoms with E-state index in [4.69, 9.17) is 5.73 Å². The first-order valence-corrected chi connectivity index (χ1v) is 5.99. The van der Waals surface area contributed by atoms with Crippen LogP contribution in [0.15, 0.2) is 42.7 Å². The lowest BCUT2D eigenvalue weighted by Crippen LogP contribution is -2.59.